The van der Waals surface area contributed by atoms with Crippen molar-refractivity contribution >= 4 is 35.4 Å². The Morgan fingerprint density at radius 3 is 2.46 bits per heavy atom. The van der Waals surface area contributed by atoms with Gasteiger partial charge in [0.1, 0.15) is 0 Å². The molecule has 0 spiro atoms. The topological polar surface area (TPSA) is 131 Å². The lowest BCUT2D eigenvalue weighted by Crippen LogP contribution is -2.41. The first-order chi connectivity index (χ1) is 13.2. The summed E-state index contributed by atoms with van der Waals surface area (Å²) in [6.45, 7) is -0.612. The molecular weight excluding hydrogens is 388 g/mol. The molecule has 1 aromatic rings. The van der Waals surface area contributed by atoms with E-state index in [-0.39, 0.29) is 24.9 Å². The van der Waals surface area contributed by atoms with Crippen LogP contribution in [0.5, 0.6) is 0 Å². The maximum atomic E-state index is 12.1. The van der Waals surface area contributed by atoms with Crippen molar-refractivity contribution in [1.29, 1.82) is 0 Å². The molecule has 4 N–H and O–H groups in total. The molecule has 0 unspecified atom stereocenters. The molecule has 1 aliphatic carbocycles. The fourth-order valence-electron chi connectivity index (χ4n) is 2.40. The minimum absolute atomic E-state index is 0.108. The maximum absolute atomic E-state index is 12.1. The number of likely N-dealkylation sites (N-methyl/N-ethyl adjacent to an activating group) is 1. The third kappa shape index (κ3) is 7.43. The van der Waals surface area contributed by atoms with Gasteiger partial charge in [0, 0.05) is 18.1 Å². The molecule has 2 rings (SSSR count). The number of urea groups is 1. The predicted octanol–water partition coefficient (Wildman–Crippen LogP) is 0.720. The fraction of sp³-hybridized carbons (Fsp3) is 0.444. The second-order valence-corrected chi connectivity index (χ2v) is 7.01. The Kier molecular flexibility index (Phi) is 7.62. The van der Waals surface area contributed by atoms with Gasteiger partial charge in [-0.1, -0.05) is 23.7 Å². The number of halogens is 1. The largest absolute Gasteiger partial charge is 0.455 e. The van der Waals surface area contributed by atoms with E-state index in [1.165, 1.54) is 11.9 Å². The van der Waals surface area contributed by atoms with Gasteiger partial charge in [0.2, 0.25) is 5.91 Å². The molecule has 1 fully saturated rings. The summed E-state index contributed by atoms with van der Waals surface area (Å²) in [4.78, 5) is 48.2. The second-order valence-electron chi connectivity index (χ2n) is 6.57. The van der Waals surface area contributed by atoms with Crippen molar-refractivity contribution in [3.05, 3.63) is 34.9 Å². The average molecular weight is 411 g/mol. The van der Waals surface area contributed by atoms with Crippen LogP contribution in [0.3, 0.4) is 0 Å². The van der Waals surface area contributed by atoms with E-state index in [1.807, 2.05) is 0 Å². The van der Waals surface area contributed by atoms with Crippen LogP contribution in [0.25, 0.3) is 0 Å². The van der Waals surface area contributed by atoms with Crippen LogP contribution in [0.2, 0.25) is 5.02 Å². The van der Waals surface area contributed by atoms with Gasteiger partial charge in [-0.05, 0) is 30.5 Å². The molecule has 1 aromatic carbocycles. The van der Waals surface area contributed by atoms with Gasteiger partial charge < -0.3 is 26.0 Å². The number of ether oxygens (including phenoxy) is 1. The molecule has 0 aliphatic heterocycles. The Morgan fingerprint density at radius 1 is 1.25 bits per heavy atom. The predicted molar refractivity (Wildman–Crippen MR) is 101 cm³/mol. The minimum atomic E-state index is -0.801. The van der Waals surface area contributed by atoms with Crippen LogP contribution in [-0.2, 0) is 19.1 Å². The Labute approximate surface area is 167 Å². The highest BCUT2D eigenvalue weighted by atomic mass is 35.5. The molecule has 0 saturated heterocycles. The third-order valence-corrected chi connectivity index (χ3v) is 4.32. The van der Waals surface area contributed by atoms with Gasteiger partial charge in [-0.15, -0.1) is 0 Å². The van der Waals surface area contributed by atoms with Gasteiger partial charge in [0.25, 0.3) is 5.91 Å². The third-order valence-electron chi connectivity index (χ3n) is 4.07. The highest BCUT2D eigenvalue weighted by Gasteiger charge is 2.25. The van der Waals surface area contributed by atoms with Crippen LogP contribution in [-0.4, -0.2) is 55.0 Å². The zero-order chi connectivity index (χ0) is 20.7. The van der Waals surface area contributed by atoms with Gasteiger partial charge in [0.05, 0.1) is 19.0 Å². The number of nitrogens with one attached hydrogen (secondary N) is 2. The van der Waals surface area contributed by atoms with Gasteiger partial charge in [-0.3, -0.25) is 14.4 Å². The number of benzene rings is 1. The number of carbonyl (C=O) groups excluding carboxylic acids is 4. The standard InChI is InChI=1S/C18H23ClN4O5/c1-23(9-15(24)21-13-6-7-13)16(25)10-28-17(26)8-14(22-18(20)27)11-2-4-12(19)5-3-11/h2-5,13-14H,6-10H2,1H3,(H,21,24)(H3,20,22,27)/t14-/m1/s1. The van der Waals surface area contributed by atoms with Crippen LogP contribution in [0.4, 0.5) is 4.79 Å². The van der Waals surface area contributed by atoms with E-state index in [2.05, 4.69) is 10.6 Å². The lowest BCUT2D eigenvalue weighted by atomic mass is 10.0. The van der Waals surface area contributed by atoms with Crippen LogP contribution in [0, 0.1) is 0 Å². The van der Waals surface area contributed by atoms with Gasteiger partial charge in [0.15, 0.2) is 6.61 Å². The van der Waals surface area contributed by atoms with E-state index in [0.29, 0.717) is 10.6 Å². The molecule has 1 atom stereocenters. The van der Waals surface area contributed by atoms with E-state index in [0.717, 1.165) is 12.8 Å². The molecule has 10 heteroatoms. The van der Waals surface area contributed by atoms with Crippen LogP contribution < -0.4 is 16.4 Å². The summed E-state index contributed by atoms with van der Waals surface area (Å²) in [5.41, 5.74) is 5.77. The number of carbonyl (C=O) groups is 4. The van der Waals surface area contributed by atoms with Crippen LogP contribution >= 0.6 is 11.6 Å². The van der Waals surface area contributed by atoms with Crippen molar-refractivity contribution in [2.75, 3.05) is 20.2 Å². The summed E-state index contributed by atoms with van der Waals surface area (Å²) < 4.78 is 4.98. The quantitative estimate of drug-likeness (QED) is 0.516. The highest BCUT2D eigenvalue weighted by Crippen LogP contribution is 2.20. The zero-order valence-corrected chi connectivity index (χ0v) is 16.2. The molecule has 1 saturated carbocycles. The van der Waals surface area contributed by atoms with E-state index in [1.54, 1.807) is 24.3 Å². The smallest absolute Gasteiger partial charge is 0.312 e. The summed E-state index contributed by atoms with van der Waals surface area (Å²) in [6, 6.07) is 5.20. The van der Waals surface area contributed by atoms with Crippen molar-refractivity contribution in [2.45, 2.75) is 31.3 Å². The Balaban J connectivity index is 1.82. The number of hydrogen-bond donors (Lipinski definition) is 3. The summed E-state index contributed by atoms with van der Waals surface area (Å²) >= 11 is 5.83. The van der Waals surface area contributed by atoms with Crippen molar-refractivity contribution in [3.8, 4) is 0 Å². The number of esters is 1. The number of hydrogen-bond acceptors (Lipinski definition) is 5. The fourth-order valence-corrected chi connectivity index (χ4v) is 2.53. The normalized spacial score (nSPS) is 13.9. The molecule has 152 valence electrons. The Morgan fingerprint density at radius 2 is 1.89 bits per heavy atom. The monoisotopic (exact) mass is 410 g/mol. The van der Waals surface area contributed by atoms with E-state index >= 15 is 0 Å². The number of rotatable bonds is 9. The average Bonchev–Trinajstić information content (AvgIpc) is 3.43. The number of nitrogens with two attached hydrogens (primary N) is 1. The molecule has 28 heavy (non-hydrogen) atoms. The summed E-state index contributed by atoms with van der Waals surface area (Å²) in [7, 11) is 1.45. The van der Waals surface area contributed by atoms with Crippen molar-refractivity contribution in [3.63, 3.8) is 0 Å². The van der Waals surface area contributed by atoms with Gasteiger partial charge >= 0.3 is 12.0 Å². The van der Waals surface area contributed by atoms with Crippen molar-refractivity contribution < 1.29 is 23.9 Å². The van der Waals surface area contributed by atoms with Crippen molar-refractivity contribution in [1.82, 2.24) is 15.5 Å². The molecule has 0 bridgehead atoms. The Bertz CT molecular complexity index is 736. The second kappa shape index (κ2) is 9.93. The van der Waals surface area contributed by atoms with Gasteiger partial charge in [-0.2, -0.15) is 0 Å². The first kappa shape index (κ1) is 21.5. The summed E-state index contributed by atoms with van der Waals surface area (Å²) in [6.07, 6.45) is 1.69. The number of amides is 4. The zero-order valence-electron chi connectivity index (χ0n) is 15.4. The molecule has 0 heterocycles. The summed E-state index contributed by atoms with van der Waals surface area (Å²) in [5.74, 6) is -1.46. The van der Waals surface area contributed by atoms with E-state index in [9.17, 15) is 19.2 Å². The van der Waals surface area contributed by atoms with E-state index in [4.69, 9.17) is 22.1 Å². The first-order valence-electron chi connectivity index (χ1n) is 8.75. The van der Waals surface area contributed by atoms with Gasteiger partial charge in [-0.25, -0.2) is 4.79 Å². The molecule has 0 radical (unpaired) electrons. The Hall–Kier alpha value is -2.81. The van der Waals surface area contributed by atoms with Crippen molar-refractivity contribution in [2.24, 2.45) is 5.73 Å². The highest BCUT2D eigenvalue weighted by molar-refractivity contribution is 6.30. The first-order valence-corrected chi connectivity index (χ1v) is 9.12. The lowest BCUT2D eigenvalue weighted by Gasteiger charge is -2.19. The lowest BCUT2D eigenvalue weighted by molar-refractivity contribution is -0.152. The molecular formula is C18H23ClN4O5. The molecule has 0 aromatic heterocycles. The maximum Gasteiger partial charge on any atom is 0.312 e. The summed E-state index contributed by atoms with van der Waals surface area (Å²) in [5, 5.41) is 5.73. The number of nitrogens with zero attached hydrogens (tertiary/aromatic N) is 1. The van der Waals surface area contributed by atoms with Crippen LogP contribution in [0.1, 0.15) is 30.9 Å². The van der Waals surface area contributed by atoms with E-state index < -0.39 is 30.6 Å². The molecule has 9 nitrogen and oxygen atoms in total. The minimum Gasteiger partial charge on any atom is -0.455 e. The molecule has 4 amide bonds. The molecule has 1 aliphatic rings. The SMILES string of the molecule is CN(CC(=O)NC1CC1)C(=O)COC(=O)C[C@@H](NC(N)=O)c1ccc(Cl)cc1. The van der Waals surface area contributed by atoms with Crippen LogP contribution in [0.15, 0.2) is 24.3 Å². The number of primary amides is 1.